The monoisotopic (exact) mass is 265 g/mol. The number of nitrogens with zero attached hydrogens (tertiary/aromatic N) is 3. The maximum Gasteiger partial charge on any atom is 0.316 e. The molecular formula is C14H23N3O2. The van der Waals surface area contributed by atoms with Gasteiger partial charge >= 0.3 is 5.97 Å². The third-order valence-corrected chi connectivity index (χ3v) is 3.86. The van der Waals surface area contributed by atoms with Gasteiger partial charge in [0.25, 0.3) is 0 Å². The van der Waals surface area contributed by atoms with Gasteiger partial charge in [0.1, 0.15) is 18.1 Å². The van der Waals surface area contributed by atoms with Crippen molar-refractivity contribution in [1.29, 1.82) is 0 Å². The van der Waals surface area contributed by atoms with E-state index in [-0.39, 0.29) is 11.9 Å². The predicted molar refractivity (Wildman–Crippen MR) is 71.8 cm³/mol. The maximum atomic E-state index is 12.0. The fourth-order valence-electron chi connectivity index (χ4n) is 2.84. The standard InChI is InChI=1S/C14H23N3O2/c1-3-12(14(18)19-4-2)13-16-15-10-17(13)11-8-6-5-7-9-11/h10-12H,3-9H2,1-2H3. The van der Waals surface area contributed by atoms with Crippen LogP contribution in [-0.2, 0) is 9.53 Å². The highest BCUT2D eigenvalue weighted by molar-refractivity contribution is 5.77. The smallest absolute Gasteiger partial charge is 0.316 e. The molecule has 1 aliphatic rings. The molecule has 1 aromatic rings. The van der Waals surface area contributed by atoms with Crippen LogP contribution in [0.3, 0.4) is 0 Å². The minimum Gasteiger partial charge on any atom is -0.465 e. The first-order valence-corrected chi connectivity index (χ1v) is 7.34. The number of rotatable bonds is 5. The van der Waals surface area contributed by atoms with Crippen molar-refractivity contribution in [2.75, 3.05) is 6.61 Å². The van der Waals surface area contributed by atoms with Crippen LogP contribution in [0.15, 0.2) is 6.33 Å². The Bertz CT molecular complexity index is 411. The molecule has 1 aromatic heterocycles. The fraction of sp³-hybridized carbons (Fsp3) is 0.786. The molecule has 1 fully saturated rings. The van der Waals surface area contributed by atoms with Crippen molar-refractivity contribution in [2.45, 2.75) is 64.3 Å². The molecule has 1 atom stereocenters. The average molecular weight is 265 g/mol. The van der Waals surface area contributed by atoms with Gasteiger partial charge in [-0.15, -0.1) is 10.2 Å². The summed E-state index contributed by atoms with van der Waals surface area (Å²) in [7, 11) is 0. The van der Waals surface area contributed by atoms with E-state index in [0.29, 0.717) is 19.1 Å². The van der Waals surface area contributed by atoms with E-state index in [1.54, 1.807) is 6.33 Å². The second kappa shape index (κ2) is 6.68. The Morgan fingerprint density at radius 1 is 1.42 bits per heavy atom. The van der Waals surface area contributed by atoms with Crippen molar-refractivity contribution in [3.63, 3.8) is 0 Å². The first-order valence-electron chi connectivity index (χ1n) is 7.34. The summed E-state index contributed by atoms with van der Waals surface area (Å²) in [5, 5.41) is 8.19. The average Bonchev–Trinajstić information content (AvgIpc) is 2.90. The van der Waals surface area contributed by atoms with Crippen molar-refractivity contribution in [1.82, 2.24) is 14.8 Å². The number of aromatic nitrogens is 3. The molecule has 1 heterocycles. The normalized spacial score (nSPS) is 18.2. The molecule has 0 aliphatic heterocycles. The van der Waals surface area contributed by atoms with Gasteiger partial charge in [0, 0.05) is 6.04 Å². The van der Waals surface area contributed by atoms with E-state index in [1.165, 1.54) is 19.3 Å². The number of hydrogen-bond acceptors (Lipinski definition) is 4. The van der Waals surface area contributed by atoms with E-state index in [0.717, 1.165) is 18.7 Å². The molecule has 0 saturated heterocycles. The van der Waals surface area contributed by atoms with E-state index in [4.69, 9.17) is 4.74 Å². The van der Waals surface area contributed by atoms with E-state index in [9.17, 15) is 4.79 Å². The summed E-state index contributed by atoms with van der Waals surface area (Å²) >= 11 is 0. The molecule has 0 amide bonds. The lowest BCUT2D eigenvalue weighted by Gasteiger charge is -2.25. The van der Waals surface area contributed by atoms with Crippen molar-refractivity contribution in [3.8, 4) is 0 Å². The summed E-state index contributed by atoms with van der Waals surface area (Å²) in [4.78, 5) is 12.0. The zero-order valence-corrected chi connectivity index (χ0v) is 11.8. The molecule has 0 aromatic carbocycles. The summed E-state index contributed by atoms with van der Waals surface area (Å²) < 4.78 is 7.24. The van der Waals surface area contributed by atoms with Gasteiger partial charge in [-0.05, 0) is 26.2 Å². The maximum absolute atomic E-state index is 12.0. The largest absolute Gasteiger partial charge is 0.465 e. The van der Waals surface area contributed by atoms with Crippen LogP contribution in [-0.4, -0.2) is 27.3 Å². The summed E-state index contributed by atoms with van der Waals surface area (Å²) in [6.07, 6.45) is 8.59. The predicted octanol–water partition coefficient (Wildman–Crippen LogP) is 2.84. The van der Waals surface area contributed by atoms with Gasteiger partial charge in [-0.2, -0.15) is 0 Å². The third-order valence-electron chi connectivity index (χ3n) is 3.86. The SMILES string of the molecule is CCOC(=O)C(CC)c1nncn1C1CCCCC1. The zero-order chi connectivity index (χ0) is 13.7. The number of esters is 1. The highest BCUT2D eigenvalue weighted by atomic mass is 16.5. The van der Waals surface area contributed by atoms with Crippen LogP contribution in [0.25, 0.3) is 0 Å². The molecule has 0 bridgehead atoms. The van der Waals surface area contributed by atoms with Gasteiger partial charge in [0.05, 0.1) is 6.61 Å². The van der Waals surface area contributed by atoms with Crippen LogP contribution in [0.5, 0.6) is 0 Å². The molecule has 2 rings (SSSR count). The van der Waals surface area contributed by atoms with E-state index in [1.807, 2.05) is 13.8 Å². The van der Waals surface area contributed by atoms with Crippen molar-refractivity contribution in [3.05, 3.63) is 12.2 Å². The lowest BCUT2D eigenvalue weighted by molar-refractivity contribution is -0.145. The molecule has 106 valence electrons. The molecule has 0 radical (unpaired) electrons. The van der Waals surface area contributed by atoms with E-state index in [2.05, 4.69) is 14.8 Å². The Kier molecular flexibility index (Phi) is 4.93. The highest BCUT2D eigenvalue weighted by Crippen LogP contribution is 2.31. The van der Waals surface area contributed by atoms with Crippen LogP contribution in [0.4, 0.5) is 0 Å². The third kappa shape index (κ3) is 3.14. The van der Waals surface area contributed by atoms with Crippen LogP contribution >= 0.6 is 0 Å². The van der Waals surface area contributed by atoms with Gasteiger partial charge in [-0.25, -0.2) is 0 Å². The molecular weight excluding hydrogens is 242 g/mol. The molecule has 0 spiro atoms. The Morgan fingerprint density at radius 2 is 2.16 bits per heavy atom. The Hall–Kier alpha value is -1.39. The molecule has 1 saturated carbocycles. The van der Waals surface area contributed by atoms with Crippen LogP contribution in [0, 0.1) is 0 Å². The number of ether oxygens (including phenoxy) is 1. The van der Waals surface area contributed by atoms with Gasteiger partial charge in [0.15, 0.2) is 0 Å². The fourth-order valence-corrected chi connectivity index (χ4v) is 2.84. The number of hydrogen-bond donors (Lipinski definition) is 0. The summed E-state index contributed by atoms with van der Waals surface area (Å²) in [6, 6.07) is 0.447. The van der Waals surface area contributed by atoms with Crippen molar-refractivity contribution >= 4 is 5.97 Å². The van der Waals surface area contributed by atoms with Crippen LogP contribution < -0.4 is 0 Å². The lowest BCUT2D eigenvalue weighted by Crippen LogP contribution is -2.22. The second-order valence-corrected chi connectivity index (χ2v) is 5.10. The number of carbonyl (C=O) groups is 1. The molecule has 5 nitrogen and oxygen atoms in total. The van der Waals surface area contributed by atoms with E-state index >= 15 is 0 Å². The minimum atomic E-state index is -0.288. The van der Waals surface area contributed by atoms with Gasteiger partial charge in [-0.3, -0.25) is 4.79 Å². The molecule has 1 aliphatic carbocycles. The second-order valence-electron chi connectivity index (χ2n) is 5.10. The summed E-state index contributed by atoms with van der Waals surface area (Å²) in [5.41, 5.74) is 0. The van der Waals surface area contributed by atoms with Gasteiger partial charge < -0.3 is 9.30 Å². The van der Waals surface area contributed by atoms with E-state index < -0.39 is 0 Å². The van der Waals surface area contributed by atoms with Gasteiger partial charge in [0.2, 0.25) is 0 Å². The Morgan fingerprint density at radius 3 is 2.79 bits per heavy atom. The van der Waals surface area contributed by atoms with Gasteiger partial charge in [-0.1, -0.05) is 26.2 Å². The first kappa shape index (κ1) is 14.0. The topological polar surface area (TPSA) is 57.0 Å². The highest BCUT2D eigenvalue weighted by Gasteiger charge is 2.28. The molecule has 0 N–H and O–H groups in total. The Labute approximate surface area is 114 Å². The molecule has 5 heteroatoms. The number of carbonyl (C=O) groups excluding carboxylic acids is 1. The molecule has 19 heavy (non-hydrogen) atoms. The van der Waals surface area contributed by atoms with Crippen LogP contribution in [0.2, 0.25) is 0 Å². The first-order chi connectivity index (χ1) is 9.27. The Balaban J connectivity index is 2.18. The lowest BCUT2D eigenvalue weighted by atomic mass is 9.94. The quantitative estimate of drug-likeness (QED) is 0.768. The summed E-state index contributed by atoms with van der Waals surface area (Å²) in [6.45, 7) is 4.23. The van der Waals surface area contributed by atoms with Crippen LogP contribution in [0.1, 0.15) is 70.2 Å². The van der Waals surface area contributed by atoms with Crippen molar-refractivity contribution < 1.29 is 9.53 Å². The summed E-state index contributed by atoms with van der Waals surface area (Å²) in [5.74, 6) is 0.298. The molecule has 1 unspecified atom stereocenters. The van der Waals surface area contributed by atoms with Crippen molar-refractivity contribution in [2.24, 2.45) is 0 Å². The minimum absolute atomic E-state index is 0.185. The zero-order valence-electron chi connectivity index (χ0n) is 11.8.